The highest BCUT2D eigenvalue weighted by atomic mass is 35.5. The van der Waals surface area contributed by atoms with Crippen LogP contribution in [0.3, 0.4) is 0 Å². The molecule has 0 spiro atoms. The molecule has 0 N–H and O–H groups in total. The molecule has 0 saturated heterocycles. The summed E-state index contributed by atoms with van der Waals surface area (Å²) in [4.78, 5) is 21.9. The zero-order valence-electron chi connectivity index (χ0n) is 16.1. The third-order valence-electron chi connectivity index (χ3n) is 4.39. The van der Waals surface area contributed by atoms with Crippen LogP contribution in [0.15, 0.2) is 36.4 Å². The van der Waals surface area contributed by atoms with E-state index in [1.54, 1.807) is 28.4 Å². The molecular weight excluding hydrogens is 378 g/mol. The average Bonchev–Trinajstić information content (AvgIpc) is 3.02. The van der Waals surface area contributed by atoms with Crippen LogP contribution in [0, 0.1) is 13.8 Å². The summed E-state index contributed by atoms with van der Waals surface area (Å²) in [6.07, 6.45) is 0.858. The van der Waals surface area contributed by atoms with Crippen LogP contribution in [-0.2, 0) is 0 Å². The second kappa shape index (κ2) is 8.38. The van der Waals surface area contributed by atoms with Gasteiger partial charge in [0.05, 0.1) is 20.8 Å². The summed E-state index contributed by atoms with van der Waals surface area (Å²) in [6.45, 7) is 5.64. The summed E-state index contributed by atoms with van der Waals surface area (Å²) in [5.74, 6) is -0.104. The molecule has 0 saturated carbocycles. The monoisotopic (exact) mass is 401 g/mol. The normalized spacial score (nSPS) is 11.3. The average molecular weight is 402 g/mol. The van der Waals surface area contributed by atoms with Crippen molar-refractivity contribution in [2.24, 2.45) is 0 Å². The molecule has 6 heteroatoms. The number of fused-ring (bicyclic) bond motifs is 1. The molecule has 27 heavy (non-hydrogen) atoms. The Bertz CT molecular complexity index is 967. The predicted molar refractivity (Wildman–Crippen MR) is 115 cm³/mol. The molecule has 2 aromatic carbocycles. The van der Waals surface area contributed by atoms with Crippen molar-refractivity contribution in [2.45, 2.75) is 20.3 Å². The van der Waals surface area contributed by atoms with Gasteiger partial charge in [-0.25, -0.2) is 4.98 Å². The van der Waals surface area contributed by atoms with E-state index in [1.165, 1.54) is 5.56 Å². The Morgan fingerprint density at radius 1 is 1.15 bits per heavy atom. The minimum atomic E-state index is -0.104. The van der Waals surface area contributed by atoms with E-state index >= 15 is 0 Å². The Labute approximate surface area is 169 Å². The zero-order chi connectivity index (χ0) is 19.6. The minimum Gasteiger partial charge on any atom is -0.309 e. The third-order valence-corrected chi connectivity index (χ3v) is 5.74. The van der Waals surface area contributed by atoms with Crippen molar-refractivity contribution in [2.75, 3.05) is 32.1 Å². The standard InChI is InChI=1S/C21H24ClN3OS/c1-14-12-15(2)19-18(13-14)27-21(23-19)25(11-7-10-24(3)4)20(26)16-8-5-6-9-17(16)22/h5-6,8-9,12-13H,7,10-11H2,1-4H3. The number of amides is 1. The highest BCUT2D eigenvalue weighted by Gasteiger charge is 2.23. The van der Waals surface area contributed by atoms with Crippen LogP contribution in [-0.4, -0.2) is 43.0 Å². The molecule has 0 atom stereocenters. The first-order chi connectivity index (χ1) is 12.9. The highest BCUT2D eigenvalue weighted by Crippen LogP contribution is 2.33. The predicted octanol–water partition coefficient (Wildman–Crippen LogP) is 5.17. The number of halogens is 1. The summed E-state index contributed by atoms with van der Waals surface area (Å²) in [6, 6.07) is 11.4. The van der Waals surface area contributed by atoms with E-state index in [4.69, 9.17) is 16.6 Å². The van der Waals surface area contributed by atoms with Crippen LogP contribution in [0.1, 0.15) is 27.9 Å². The number of anilines is 1. The van der Waals surface area contributed by atoms with E-state index in [9.17, 15) is 4.79 Å². The van der Waals surface area contributed by atoms with Gasteiger partial charge in [0, 0.05) is 6.54 Å². The molecule has 0 radical (unpaired) electrons. The summed E-state index contributed by atoms with van der Waals surface area (Å²) in [7, 11) is 4.06. The van der Waals surface area contributed by atoms with Gasteiger partial charge < -0.3 is 4.90 Å². The highest BCUT2D eigenvalue weighted by molar-refractivity contribution is 7.22. The van der Waals surface area contributed by atoms with E-state index in [-0.39, 0.29) is 5.91 Å². The lowest BCUT2D eigenvalue weighted by Crippen LogP contribution is -2.33. The molecule has 0 aliphatic carbocycles. The second-order valence-corrected chi connectivity index (χ2v) is 8.43. The van der Waals surface area contributed by atoms with Gasteiger partial charge in [0.25, 0.3) is 5.91 Å². The number of thiazole rings is 1. The third kappa shape index (κ3) is 4.49. The molecular formula is C21H24ClN3OS. The van der Waals surface area contributed by atoms with E-state index in [2.05, 4.69) is 30.9 Å². The molecule has 4 nitrogen and oxygen atoms in total. The van der Waals surface area contributed by atoms with Gasteiger partial charge in [0.15, 0.2) is 5.13 Å². The lowest BCUT2D eigenvalue weighted by Gasteiger charge is -2.21. The molecule has 1 heterocycles. The van der Waals surface area contributed by atoms with Gasteiger partial charge in [0.2, 0.25) is 0 Å². The van der Waals surface area contributed by atoms with E-state index in [1.807, 2.05) is 26.2 Å². The quantitative estimate of drug-likeness (QED) is 0.572. The first-order valence-corrected chi connectivity index (χ1v) is 10.1. The van der Waals surface area contributed by atoms with Crippen molar-refractivity contribution in [1.82, 2.24) is 9.88 Å². The summed E-state index contributed by atoms with van der Waals surface area (Å²) in [5.41, 5.74) is 3.80. The number of nitrogens with zero attached hydrogens (tertiary/aromatic N) is 3. The number of aromatic nitrogens is 1. The fraction of sp³-hybridized carbons (Fsp3) is 0.333. The molecule has 0 aliphatic rings. The maximum atomic E-state index is 13.3. The topological polar surface area (TPSA) is 36.4 Å². The largest absolute Gasteiger partial charge is 0.309 e. The van der Waals surface area contributed by atoms with Gasteiger partial charge >= 0.3 is 0 Å². The van der Waals surface area contributed by atoms with Gasteiger partial charge in [-0.05, 0) is 70.2 Å². The lowest BCUT2D eigenvalue weighted by molar-refractivity contribution is 0.0986. The first-order valence-electron chi connectivity index (χ1n) is 8.95. The van der Waals surface area contributed by atoms with Crippen molar-refractivity contribution >= 4 is 44.2 Å². The molecule has 0 aliphatic heterocycles. The zero-order valence-corrected chi connectivity index (χ0v) is 17.7. The first kappa shape index (κ1) is 19.8. The molecule has 3 aromatic rings. The van der Waals surface area contributed by atoms with Gasteiger partial charge in [-0.2, -0.15) is 0 Å². The number of hydrogen-bond acceptors (Lipinski definition) is 4. The van der Waals surface area contributed by atoms with E-state index in [0.717, 1.165) is 33.9 Å². The number of carbonyl (C=O) groups is 1. The smallest absolute Gasteiger partial charge is 0.261 e. The minimum absolute atomic E-state index is 0.104. The van der Waals surface area contributed by atoms with Crippen molar-refractivity contribution in [3.63, 3.8) is 0 Å². The summed E-state index contributed by atoms with van der Waals surface area (Å²) < 4.78 is 1.10. The molecule has 0 fully saturated rings. The fourth-order valence-electron chi connectivity index (χ4n) is 3.08. The van der Waals surface area contributed by atoms with Crippen LogP contribution < -0.4 is 4.90 Å². The number of carbonyl (C=O) groups excluding carboxylic acids is 1. The summed E-state index contributed by atoms with van der Waals surface area (Å²) >= 11 is 7.85. The van der Waals surface area contributed by atoms with Crippen molar-refractivity contribution in [3.8, 4) is 0 Å². The van der Waals surface area contributed by atoms with Crippen LogP contribution in [0.5, 0.6) is 0 Å². The van der Waals surface area contributed by atoms with Gasteiger partial charge in [-0.1, -0.05) is 41.1 Å². The molecule has 3 rings (SSSR count). The van der Waals surface area contributed by atoms with Gasteiger partial charge in [-0.3, -0.25) is 9.69 Å². The van der Waals surface area contributed by atoms with Crippen LogP contribution >= 0.6 is 22.9 Å². The Kier molecular flexibility index (Phi) is 6.15. The lowest BCUT2D eigenvalue weighted by atomic mass is 10.1. The van der Waals surface area contributed by atoms with Gasteiger partial charge in [-0.15, -0.1) is 0 Å². The van der Waals surface area contributed by atoms with Crippen LogP contribution in [0.4, 0.5) is 5.13 Å². The Balaban J connectivity index is 2.00. The molecule has 142 valence electrons. The van der Waals surface area contributed by atoms with Crippen LogP contribution in [0.25, 0.3) is 10.2 Å². The Hall–Kier alpha value is -1.95. The van der Waals surface area contributed by atoms with Crippen molar-refractivity contribution in [3.05, 3.63) is 58.1 Å². The number of aryl methyl sites for hydroxylation is 2. The Morgan fingerprint density at radius 3 is 2.59 bits per heavy atom. The molecule has 1 amide bonds. The molecule has 0 unspecified atom stereocenters. The molecule has 0 bridgehead atoms. The SMILES string of the molecule is Cc1cc(C)c2nc(N(CCCN(C)C)C(=O)c3ccccc3Cl)sc2c1. The van der Waals surface area contributed by atoms with Crippen molar-refractivity contribution < 1.29 is 4.79 Å². The number of rotatable bonds is 6. The van der Waals surface area contributed by atoms with E-state index in [0.29, 0.717) is 17.1 Å². The van der Waals surface area contributed by atoms with Crippen molar-refractivity contribution in [1.29, 1.82) is 0 Å². The Morgan fingerprint density at radius 2 is 1.89 bits per heavy atom. The fourth-order valence-corrected chi connectivity index (χ4v) is 4.47. The number of hydrogen-bond donors (Lipinski definition) is 0. The van der Waals surface area contributed by atoms with Gasteiger partial charge in [0.1, 0.15) is 0 Å². The number of benzene rings is 2. The molecule has 1 aromatic heterocycles. The van der Waals surface area contributed by atoms with E-state index < -0.39 is 0 Å². The summed E-state index contributed by atoms with van der Waals surface area (Å²) in [5, 5.41) is 1.19. The maximum absolute atomic E-state index is 13.3. The second-order valence-electron chi connectivity index (χ2n) is 7.02. The maximum Gasteiger partial charge on any atom is 0.261 e. The van der Waals surface area contributed by atoms with Crippen LogP contribution in [0.2, 0.25) is 5.02 Å².